The molecule has 0 aliphatic carbocycles. The molecule has 0 aromatic heterocycles. The molecule has 702 valence electrons. The van der Waals surface area contributed by atoms with Crippen molar-refractivity contribution in [3.63, 3.8) is 0 Å². The summed E-state index contributed by atoms with van der Waals surface area (Å²) in [4.78, 5) is 61.7. The van der Waals surface area contributed by atoms with Crippen LogP contribution in [0.4, 0.5) is 28.4 Å². The number of nitrogens with one attached hydrogen (secondary N) is 5. The van der Waals surface area contributed by atoms with Crippen LogP contribution in [0.1, 0.15) is 92.0 Å². The number of ether oxygens (including phenoxy) is 3. The van der Waals surface area contributed by atoms with Crippen molar-refractivity contribution in [1.29, 1.82) is 0 Å². The van der Waals surface area contributed by atoms with Crippen LogP contribution in [-0.2, 0) is 74.1 Å². The number of fused-ring (bicyclic) bond motifs is 2. The van der Waals surface area contributed by atoms with Gasteiger partial charge in [-0.25, -0.2) is 42.1 Å². The second-order valence-electron chi connectivity index (χ2n) is 31.7. The Morgan fingerprint density at radius 3 is 0.933 bits per heavy atom. The lowest BCUT2D eigenvalue weighted by atomic mass is 10.0. The Morgan fingerprint density at radius 1 is 0.296 bits per heavy atom. The van der Waals surface area contributed by atoms with Crippen LogP contribution in [-0.4, -0.2) is 173 Å². The van der Waals surface area contributed by atoms with Crippen molar-refractivity contribution < 1.29 is 80.3 Å². The fourth-order valence-electron chi connectivity index (χ4n) is 15.0. The van der Waals surface area contributed by atoms with E-state index in [1.54, 1.807) is 116 Å². The van der Waals surface area contributed by atoms with E-state index in [-0.39, 0.29) is 60.8 Å². The molecule has 135 heavy (non-hydrogen) atoms. The third-order valence-electron chi connectivity index (χ3n) is 22.3. The largest absolute Gasteiger partial charge is 0.497 e. The highest BCUT2D eigenvalue weighted by molar-refractivity contribution is 7.90. The van der Waals surface area contributed by atoms with Gasteiger partial charge in [0, 0.05) is 129 Å². The Kier molecular flexibility index (Phi) is 34.8. The smallest absolute Gasteiger partial charge is 0.248 e. The summed E-state index contributed by atoms with van der Waals surface area (Å²) in [6.07, 6.45) is 24.6. The molecule has 5 N–H and O–H groups in total. The van der Waals surface area contributed by atoms with Gasteiger partial charge in [0.15, 0.2) is 11.5 Å². The SMILES string of the molecule is COc1ccc(/C=C/C(=O)Nc2ccc(S(=O)(=O)N3CCCC3)cc2)cc1.O=C(/C=C/c1ccc2c(c1)OCO2)Nc1ccc(S(=O)(=O)N2CCCC2)cc1.O=C(/C=C/c1cccc2ccccc12)Nc1ccc(S(=O)(=O)N2CCCC2)cc1.O=C(/C=C/c1ccccc1)Nc1ccc(S(=O)(=O)N2CCCC2)cc1.O=C(/C=C/c1ccccc1Cl)Nc1ccc(S(=O)(=O)N2CCCC2)cc1. The number of halogens is 1. The average Bonchev–Trinajstić information content (AvgIpc) is 1.79. The Hall–Kier alpha value is -13.0. The molecule has 11 aromatic carbocycles. The van der Waals surface area contributed by atoms with Crippen molar-refractivity contribution in [2.75, 3.05) is 106 Å². The molecule has 0 radical (unpaired) electrons. The number of carbonyl (C=O) groups excluding carboxylic acids is 5. The fraction of sp³-hybridized carbons (Fsp3) is 0.218. The predicted molar refractivity (Wildman–Crippen MR) is 528 cm³/mol. The lowest BCUT2D eigenvalue weighted by Gasteiger charge is -2.15. The maximum absolute atomic E-state index is 12.6. The third-order valence-corrected chi connectivity index (χ3v) is 32.2. The van der Waals surface area contributed by atoms with Crippen LogP contribution >= 0.6 is 11.6 Å². The monoisotopic (exact) mass is 1940 g/mol. The molecular weight excluding hydrogens is 1840 g/mol. The van der Waals surface area contributed by atoms with Gasteiger partial charge in [0.05, 0.1) is 31.6 Å². The zero-order valence-electron chi connectivity index (χ0n) is 74.0. The molecule has 0 saturated carbocycles. The van der Waals surface area contributed by atoms with Crippen LogP contribution in [0.3, 0.4) is 0 Å². The molecule has 0 spiro atoms. The van der Waals surface area contributed by atoms with E-state index >= 15 is 0 Å². The topological polar surface area (TPSA) is 360 Å². The van der Waals surface area contributed by atoms with Crippen molar-refractivity contribution in [3.05, 3.63) is 324 Å². The quantitative estimate of drug-likeness (QED) is 0.0314. The molecular formula is C101H103ClN10O18S5. The van der Waals surface area contributed by atoms with Crippen LogP contribution in [0.5, 0.6) is 17.2 Å². The van der Waals surface area contributed by atoms with Gasteiger partial charge in [0.2, 0.25) is 86.4 Å². The number of methoxy groups -OCH3 is 1. The number of amides is 5. The second-order valence-corrected chi connectivity index (χ2v) is 41.8. The van der Waals surface area contributed by atoms with E-state index in [0.717, 1.165) is 109 Å². The number of nitrogens with zero attached hydrogens (tertiary/aromatic N) is 5. The van der Waals surface area contributed by atoms with E-state index in [9.17, 15) is 66.1 Å². The minimum atomic E-state index is -3.45. The van der Waals surface area contributed by atoms with E-state index in [1.165, 1.54) is 113 Å². The predicted octanol–water partition coefficient (Wildman–Crippen LogP) is 17.2. The van der Waals surface area contributed by atoms with Gasteiger partial charge in [-0.1, -0.05) is 121 Å². The van der Waals surface area contributed by atoms with Crippen molar-refractivity contribution in [3.8, 4) is 17.2 Å². The molecule has 5 fully saturated rings. The van der Waals surface area contributed by atoms with Crippen molar-refractivity contribution >= 4 is 161 Å². The molecule has 5 saturated heterocycles. The molecule has 0 atom stereocenters. The van der Waals surface area contributed by atoms with E-state index < -0.39 is 50.1 Å². The van der Waals surface area contributed by atoms with Gasteiger partial charge >= 0.3 is 0 Å². The molecule has 34 heteroatoms. The molecule has 6 aliphatic heterocycles. The molecule has 0 bridgehead atoms. The van der Waals surface area contributed by atoms with Gasteiger partial charge in [-0.15, -0.1) is 0 Å². The average molecular weight is 1940 g/mol. The summed E-state index contributed by atoms with van der Waals surface area (Å²) in [6.45, 7) is 5.87. The van der Waals surface area contributed by atoms with E-state index in [1.807, 2.05) is 121 Å². The molecule has 11 aromatic rings. The highest BCUT2D eigenvalue weighted by Crippen LogP contribution is 2.34. The first-order chi connectivity index (χ1) is 65.1. The number of benzene rings is 11. The van der Waals surface area contributed by atoms with E-state index in [4.69, 9.17) is 25.8 Å². The van der Waals surface area contributed by atoms with Crippen LogP contribution in [0, 0.1) is 0 Å². The normalized spacial score (nSPS) is 15.6. The molecule has 6 heterocycles. The molecule has 6 aliphatic rings. The third kappa shape index (κ3) is 27.8. The highest BCUT2D eigenvalue weighted by Gasteiger charge is 2.32. The van der Waals surface area contributed by atoms with Crippen LogP contribution in [0.15, 0.2) is 316 Å². The Labute approximate surface area is 792 Å². The van der Waals surface area contributed by atoms with Gasteiger partial charge in [-0.3, -0.25) is 24.0 Å². The summed E-state index contributed by atoms with van der Waals surface area (Å²) in [7, 11) is -15.6. The number of sulfonamides is 5. The maximum atomic E-state index is 12.6. The number of carbonyl (C=O) groups is 5. The number of anilines is 5. The second kappa shape index (κ2) is 47.2. The number of hydrogen-bond acceptors (Lipinski definition) is 18. The minimum absolute atomic E-state index is 0.201. The molecule has 17 rings (SSSR count). The van der Waals surface area contributed by atoms with Crippen LogP contribution < -0.4 is 40.8 Å². The lowest BCUT2D eigenvalue weighted by molar-refractivity contribution is -0.112. The zero-order chi connectivity index (χ0) is 95.4. The fourth-order valence-corrected chi connectivity index (χ4v) is 22.8. The number of hydrogen-bond donors (Lipinski definition) is 5. The Balaban J connectivity index is 0.000000143. The van der Waals surface area contributed by atoms with Crippen molar-refractivity contribution in [2.24, 2.45) is 0 Å². The van der Waals surface area contributed by atoms with Crippen molar-refractivity contribution in [2.45, 2.75) is 88.7 Å². The summed E-state index contributed by atoms with van der Waals surface area (Å²) in [5.41, 5.74) is 7.04. The molecule has 28 nitrogen and oxygen atoms in total. The van der Waals surface area contributed by atoms with Gasteiger partial charge in [-0.05, 0) is 285 Å². The van der Waals surface area contributed by atoms with Crippen LogP contribution in [0.2, 0.25) is 5.02 Å². The summed E-state index contributed by atoms with van der Waals surface area (Å²) < 4.78 is 148. The van der Waals surface area contributed by atoms with Gasteiger partial charge in [0.25, 0.3) is 0 Å². The zero-order valence-corrected chi connectivity index (χ0v) is 78.8. The van der Waals surface area contributed by atoms with E-state index in [0.29, 0.717) is 110 Å². The first-order valence-corrected chi connectivity index (χ1v) is 51.4. The van der Waals surface area contributed by atoms with Crippen molar-refractivity contribution in [1.82, 2.24) is 21.5 Å². The standard InChI is InChI=1S/C23H22N2O3S.C20H20N2O5S.C20H22N2O4S.C19H19ClN2O3S.C19H20N2O3S/c26-23(15-10-19-8-5-7-18-6-1-2-9-22(18)19)24-20-11-13-21(14-12-20)29(27,28)25-16-3-4-17-25;23-20(10-4-15-3-9-18-19(13-15)27-14-26-18)21-16-5-7-17(8-6-16)28(24,25)22-11-1-2-12-22;1-26-18-9-4-16(5-10-18)6-13-20(23)21-17-7-11-19(12-8-17)27(24,25)22-14-2-3-15-22;20-18-6-2-1-5-15(18)7-12-19(23)21-16-8-10-17(11-9-16)26(24,25)22-13-3-4-14-22;22-19(13-8-16-6-2-1-3-7-16)20-17-9-11-18(12-10-17)25(23,24)21-14-4-5-15-21/h1-2,5-15H,3-4,16-17H2,(H,24,26);3-10,13H,1-2,11-12,14H2,(H,21,23);4-13H,2-3,14-15H2,1H3,(H,21,23);1-2,5-12H,3-4,13-14H2,(H,21,23);1-3,6-13H,4-5,14-15H2,(H,20,22)/b15-10+;10-4+;13-6+;12-7+;13-8+. The first-order valence-electron chi connectivity index (χ1n) is 43.8. The highest BCUT2D eigenvalue weighted by atomic mass is 35.5. The van der Waals surface area contributed by atoms with Gasteiger partial charge < -0.3 is 40.8 Å². The summed E-state index contributed by atoms with van der Waals surface area (Å²) >= 11 is 6.04. The van der Waals surface area contributed by atoms with Gasteiger partial charge in [0.1, 0.15) is 5.75 Å². The van der Waals surface area contributed by atoms with Crippen LogP contribution in [0.25, 0.3) is 41.2 Å². The summed E-state index contributed by atoms with van der Waals surface area (Å²) in [5, 5.41) is 16.4. The summed E-state index contributed by atoms with van der Waals surface area (Å²) in [6, 6.07) is 74.7. The Bertz CT molecular complexity index is 6750. The molecule has 0 unspecified atom stereocenters. The minimum Gasteiger partial charge on any atom is -0.497 e. The van der Waals surface area contributed by atoms with E-state index in [2.05, 4.69) is 26.6 Å². The van der Waals surface area contributed by atoms with Gasteiger partial charge in [-0.2, -0.15) is 21.5 Å². The first kappa shape index (κ1) is 99.4. The molecule has 5 amide bonds. The Morgan fingerprint density at radius 2 is 0.578 bits per heavy atom. The summed E-state index contributed by atoms with van der Waals surface area (Å²) in [5.74, 6) is 0.629. The lowest BCUT2D eigenvalue weighted by Crippen LogP contribution is -2.27. The maximum Gasteiger partial charge on any atom is 0.248 e. The number of rotatable bonds is 26.